The molecule has 8 heteroatoms. The second-order valence-corrected chi connectivity index (χ2v) is 7.14. The predicted molar refractivity (Wildman–Crippen MR) is 87.7 cm³/mol. The van der Waals surface area contributed by atoms with Crippen molar-refractivity contribution in [1.29, 1.82) is 0 Å². The number of anilines is 1. The van der Waals surface area contributed by atoms with Crippen LogP contribution in [0.4, 0.5) is 5.82 Å². The normalized spacial score (nSPS) is 11.4. The molecule has 2 aromatic rings. The number of H-pyrrole nitrogens is 1. The number of hydrogen-bond acceptors (Lipinski definition) is 4. The number of amides is 1. The lowest BCUT2D eigenvalue weighted by Crippen LogP contribution is -2.28. The number of aryl methyl sites for hydroxylation is 3. The van der Waals surface area contributed by atoms with Crippen molar-refractivity contribution in [2.45, 2.75) is 32.1 Å². The van der Waals surface area contributed by atoms with E-state index in [0.717, 1.165) is 11.3 Å². The fraction of sp³-hybridized carbons (Fsp3) is 0.333. The van der Waals surface area contributed by atoms with E-state index in [-0.39, 0.29) is 23.8 Å². The molecule has 1 amide bonds. The first-order valence-electron chi connectivity index (χ1n) is 7.17. The van der Waals surface area contributed by atoms with E-state index in [2.05, 4.69) is 20.2 Å². The molecule has 124 valence electrons. The third-order valence-corrected chi connectivity index (χ3v) is 4.86. The first-order valence-corrected chi connectivity index (χ1v) is 8.65. The highest BCUT2D eigenvalue weighted by molar-refractivity contribution is 7.89. The Hall–Kier alpha value is -2.19. The zero-order chi connectivity index (χ0) is 17.0. The largest absolute Gasteiger partial charge is 0.309 e. The van der Waals surface area contributed by atoms with Crippen LogP contribution >= 0.6 is 0 Å². The molecule has 1 heterocycles. The fourth-order valence-corrected chi connectivity index (χ4v) is 3.42. The van der Waals surface area contributed by atoms with Crippen molar-refractivity contribution in [3.05, 3.63) is 41.1 Å². The van der Waals surface area contributed by atoms with Gasteiger partial charge in [0, 0.05) is 24.7 Å². The summed E-state index contributed by atoms with van der Waals surface area (Å²) in [5, 5.41) is 9.19. The monoisotopic (exact) mass is 336 g/mol. The minimum Gasteiger partial charge on any atom is -0.309 e. The third-order valence-electron chi connectivity index (χ3n) is 3.24. The van der Waals surface area contributed by atoms with E-state index in [4.69, 9.17) is 0 Å². The van der Waals surface area contributed by atoms with Crippen LogP contribution < -0.4 is 10.0 Å². The Morgan fingerprint density at radius 3 is 2.57 bits per heavy atom. The van der Waals surface area contributed by atoms with Crippen LogP contribution in [0.1, 0.15) is 23.2 Å². The third kappa shape index (κ3) is 4.64. The molecule has 0 aliphatic heterocycles. The van der Waals surface area contributed by atoms with Gasteiger partial charge in [0.2, 0.25) is 15.9 Å². The van der Waals surface area contributed by atoms with Crippen molar-refractivity contribution < 1.29 is 13.2 Å². The van der Waals surface area contributed by atoms with Gasteiger partial charge in [-0.2, -0.15) is 5.10 Å². The molecule has 0 saturated carbocycles. The maximum absolute atomic E-state index is 12.2. The standard InChI is InChI=1S/C15H20N4O3S/c1-10-4-5-13(11(2)8-10)23(21,22)16-7-6-15(20)17-14-9-12(3)18-19-14/h4-5,8-9,16H,6-7H2,1-3H3,(H2,17,18,19,20). The summed E-state index contributed by atoms with van der Waals surface area (Å²) in [6.07, 6.45) is 0.0239. The fourth-order valence-electron chi connectivity index (χ4n) is 2.16. The molecule has 0 atom stereocenters. The van der Waals surface area contributed by atoms with E-state index in [1.54, 1.807) is 31.2 Å². The molecular weight excluding hydrogens is 316 g/mol. The maximum Gasteiger partial charge on any atom is 0.240 e. The molecule has 0 saturated heterocycles. The number of carbonyl (C=O) groups excluding carboxylic acids is 1. The Morgan fingerprint density at radius 2 is 1.96 bits per heavy atom. The Labute approximate surface area is 135 Å². The van der Waals surface area contributed by atoms with Gasteiger partial charge in [-0.3, -0.25) is 9.89 Å². The molecule has 0 radical (unpaired) electrons. The highest BCUT2D eigenvalue weighted by Gasteiger charge is 2.16. The average molecular weight is 336 g/mol. The summed E-state index contributed by atoms with van der Waals surface area (Å²) in [6.45, 7) is 5.48. The summed E-state index contributed by atoms with van der Waals surface area (Å²) in [7, 11) is -3.62. The number of nitrogens with zero attached hydrogens (tertiary/aromatic N) is 1. The summed E-state index contributed by atoms with van der Waals surface area (Å²) >= 11 is 0. The molecule has 23 heavy (non-hydrogen) atoms. The highest BCUT2D eigenvalue weighted by atomic mass is 32.2. The molecule has 0 fully saturated rings. The quantitative estimate of drug-likeness (QED) is 0.746. The number of carbonyl (C=O) groups is 1. The lowest BCUT2D eigenvalue weighted by molar-refractivity contribution is -0.116. The molecule has 1 aromatic carbocycles. The van der Waals surface area contributed by atoms with E-state index in [1.165, 1.54) is 0 Å². The van der Waals surface area contributed by atoms with Crippen LogP contribution in [0.5, 0.6) is 0 Å². The van der Waals surface area contributed by atoms with Gasteiger partial charge >= 0.3 is 0 Å². The van der Waals surface area contributed by atoms with E-state index >= 15 is 0 Å². The molecule has 2 rings (SSSR count). The number of aromatic nitrogens is 2. The minimum atomic E-state index is -3.62. The van der Waals surface area contributed by atoms with Crippen molar-refractivity contribution in [2.24, 2.45) is 0 Å². The Bertz CT molecular complexity index is 812. The van der Waals surface area contributed by atoms with E-state index in [0.29, 0.717) is 11.4 Å². The smallest absolute Gasteiger partial charge is 0.240 e. The number of sulfonamides is 1. The SMILES string of the molecule is Cc1ccc(S(=O)(=O)NCCC(=O)Nc2cc(C)[nH]n2)c(C)c1. The van der Waals surface area contributed by atoms with Crippen LogP contribution in [0.2, 0.25) is 0 Å². The summed E-state index contributed by atoms with van der Waals surface area (Å²) < 4.78 is 26.9. The summed E-state index contributed by atoms with van der Waals surface area (Å²) in [5.41, 5.74) is 2.50. The van der Waals surface area contributed by atoms with Crippen LogP contribution in [-0.4, -0.2) is 31.1 Å². The van der Waals surface area contributed by atoms with Gasteiger partial charge < -0.3 is 5.32 Å². The second-order valence-electron chi connectivity index (χ2n) is 5.40. The van der Waals surface area contributed by atoms with Crippen LogP contribution in [0.3, 0.4) is 0 Å². The number of hydrogen-bond donors (Lipinski definition) is 3. The average Bonchev–Trinajstić information content (AvgIpc) is 2.83. The van der Waals surface area contributed by atoms with E-state index in [1.807, 2.05) is 13.8 Å². The maximum atomic E-state index is 12.2. The zero-order valence-corrected chi connectivity index (χ0v) is 14.1. The van der Waals surface area contributed by atoms with Gasteiger partial charge in [-0.25, -0.2) is 13.1 Å². The van der Waals surface area contributed by atoms with Crippen LogP contribution in [0.15, 0.2) is 29.2 Å². The molecule has 0 aliphatic rings. The molecule has 1 aromatic heterocycles. The van der Waals surface area contributed by atoms with Gasteiger partial charge in [-0.15, -0.1) is 0 Å². The summed E-state index contributed by atoms with van der Waals surface area (Å²) in [6, 6.07) is 6.81. The van der Waals surface area contributed by atoms with Crippen molar-refractivity contribution in [3.8, 4) is 0 Å². The molecule has 3 N–H and O–H groups in total. The van der Waals surface area contributed by atoms with Crippen LogP contribution in [0, 0.1) is 20.8 Å². The van der Waals surface area contributed by atoms with E-state index < -0.39 is 10.0 Å². The highest BCUT2D eigenvalue weighted by Crippen LogP contribution is 2.16. The van der Waals surface area contributed by atoms with Gasteiger partial charge in [0.05, 0.1) is 4.90 Å². The number of nitrogens with one attached hydrogen (secondary N) is 3. The lowest BCUT2D eigenvalue weighted by atomic mass is 10.2. The number of benzene rings is 1. The molecule has 0 unspecified atom stereocenters. The zero-order valence-electron chi connectivity index (χ0n) is 13.3. The Balaban J connectivity index is 1.90. The summed E-state index contributed by atoms with van der Waals surface area (Å²) in [5.74, 6) is 0.115. The first-order chi connectivity index (χ1) is 10.8. The van der Waals surface area contributed by atoms with Crippen LogP contribution in [0.25, 0.3) is 0 Å². The van der Waals surface area contributed by atoms with Crippen molar-refractivity contribution in [2.75, 3.05) is 11.9 Å². The first kappa shape index (κ1) is 17.2. The van der Waals surface area contributed by atoms with Crippen molar-refractivity contribution in [1.82, 2.24) is 14.9 Å². The molecule has 0 spiro atoms. The van der Waals surface area contributed by atoms with Gasteiger partial charge in [0.25, 0.3) is 0 Å². The molecule has 0 bridgehead atoms. The molecule has 7 nitrogen and oxygen atoms in total. The molecular formula is C15H20N4O3S. The topological polar surface area (TPSA) is 104 Å². The minimum absolute atomic E-state index is 0.0187. The Kier molecular flexibility index (Phi) is 5.17. The van der Waals surface area contributed by atoms with Gasteiger partial charge in [-0.1, -0.05) is 17.7 Å². The predicted octanol–water partition coefficient (Wildman–Crippen LogP) is 1.64. The lowest BCUT2D eigenvalue weighted by Gasteiger charge is -2.09. The van der Waals surface area contributed by atoms with Crippen molar-refractivity contribution >= 4 is 21.7 Å². The summed E-state index contributed by atoms with van der Waals surface area (Å²) in [4.78, 5) is 12.0. The van der Waals surface area contributed by atoms with E-state index in [9.17, 15) is 13.2 Å². The second kappa shape index (κ2) is 6.93. The van der Waals surface area contributed by atoms with Gasteiger partial charge in [0.1, 0.15) is 0 Å². The van der Waals surface area contributed by atoms with Gasteiger partial charge in [0.15, 0.2) is 5.82 Å². The number of aromatic amines is 1. The van der Waals surface area contributed by atoms with Gasteiger partial charge in [-0.05, 0) is 32.4 Å². The van der Waals surface area contributed by atoms with Crippen LogP contribution in [-0.2, 0) is 14.8 Å². The van der Waals surface area contributed by atoms with Crippen molar-refractivity contribution in [3.63, 3.8) is 0 Å². The number of rotatable bonds is 6. The Morgan fingerprint density at radius 1 is 1.22 bits per heavy atom. The molecule has 0 aliphatic carbocycles.